The summed E-state index contributed by atoms with van der Waals surface area (Å²) in [5, 5.41) is 16.9. The first-order chi connectivity index (χ1) is 12.1. The maximum absolute atomic E-state index is 10.4. The third kappa shape index (κ3) is 6.65. The number of hydrogen-bond acceptors (Lipinski definition) is 4. The van der Waals surface area contributed by atoms with Gasteiger partial charge in [-0.1, -0.05) is 24.3 Å². The highest BCUT2D eigenvalue weighted by Gasteiger charge is 2.18. The van der Waals surface area contributed by atoms with E-state index in [4.69, 9.17) is 4.74 Å². The fourth-order valence-corrected chi connectivity index (χ4v) is 3.11. The highest BCUT2D eigenvalue weighted by molar-refractivity contribution is 5.80. The third-order valence-corrected chi connectivity index (χ3v) is 4.28. The van der Waals surface area contributed by atoms with E-state index in [1.165, 1.54) is 11.1 Å². The average molecular weight is 348 g/mol. The van der Waals surface area contributed by atoms with Crippen molar-refractivity contribution in [2.45, 2.75) is 39.0 Å². The number of fused-ring (bicyclic) bond motifs is 1. The normalized spacial score (nSPS) is 17.7. The number of nitrogens with one attached hydrogen (secondary N) is 2. The van der Waals surface area contributed by atoms with Crippen LogP contribution in [-0.2, 0) is 17.7 Å². The fraction of sp³-hybridized carbons (Fsp3) is 0.632. The number of nitrogens with zero attached hydrogens (tertiary/aromatic N) is 2. The van der Waals surface area contributed by atoms with Gasteiger partial charge >= 0.3 is 0 Å². The van der Waals surface area contributed by atoms with Crippen molar-refractivity contribution in [3.8, 4) is 0 Å². The first-order valence-electron chi connectivity index (χ1n) is 9.13. The number of β-amino-alcohol motifs (C(OH)–C–C–N with tert-alkyl or cyclic N) is 1. The molecule has 0 radical (unpaired) electrons. The number of rotatable bonds is 8. The molecule has 6 heteroatoms. The van der Waals surface area contributed by atoms with Gasteiger partial charge < -0.3 is 20.5 Å². The summed E-state index contributed by atoms with van der Waals surface area (Å²) in [5.41, 5.74) is 2.80. The molecule has 1 aromatic rings. The lowest BCUT2D eigenvalue weighted by atomic mass is 10.00. The Morgan fingerprint density at radius 2 is 2.12 bits per heavy atom. The Morgan fingerprint density at radius 3 is 2.84 bits per heavy atom. The predicted octanol–water partition coefficient (Wildman–Crippen LogP) is 0.996. The molecule has 140 valence electrons. The minimum Gasteiger partial charge on any atom is -0.390 e. The lowest BCUT2D eigenvalue weighted by Gasteiger charge is -2.30. The molecule has 1 aromatic carbocycles. The van der Waals surface area contributed by atoms with E-state index in [2.05, 4.69) is 44.8 Å². The molecular weight excluding hydrogens is 316 g/mol. The molecule has 6 nitrogen and oxygen atoms in total. The van der Waals surface area contributed by atoms with Gasteiger partial charge in [0.15, 0.2) is 5.96 Å². The van der Waals surface area contributed by atoms with Crippen molar-refractivity contribution in [2.75, 3.05) is 39.9 Å². The SMILES string of the molecule is CCNC(=NCC(O)CN1CCc2ccccc2C1)NC(C)COC. The molecule has 2 rings (SSSR count). The van der Waals surface area contributed by atoms with Gasteiger partial charge in [-0.2, -0.15) is 0 Å². The van der Waals surface area contributed by atoms with Crippen LogP contribution >= 0.6 is 0 Å². The van der Waals surface area contributed by atoms with Crippen LogP contribution in [0.25, 0.3) is 0 Å². The van der Waals surface area contributed by atoms with Gasteiger partial charge in [-0.15, -0.1) is 0 Å². The van der Waals surface area contributed by atoms with Gasteiger partial charge in [0.05, 0.1) is 19.3 Å². The molecular formula is C19H32N4O2. The number of aliphatic hydroxyl groups is 1. The van der Waals surface area contributed by atoms with E-state index in [-0.39, 0.29) is 6.04 Å². The van der Waals surface area contributed by atoms with Crippen LogP contribution in [0, 0.1) is 0 Å². The highest BCUT2D eigenvalue weighted by Crippen LogP contribution is 2.18. The van der Waals surface area contributed by atoms with Crippen LogP contribution in [0.3, 0.4) is 0 Å². The number of hydrogen-bond donors (Lipinski definition) is 3. The molecule has 3 N–H and O–H groups in total. The molecule has 0 amide bonds. The number of guanidine groups is 1. The standard InChI is InChI=1S/C19H32N4O2/c1-4-20-19(22-15(2)14-25-3)21-11-18(24)13-23-10-9-16-7-5-6-8-17(16)12-23/h5-8,15,18,24H,4,9-14H2,1-3H3,(H2,20,21,22). The van der Waals surface area contributed by atoms with Gasteiger partial charge in [-0.25, -0.2) is 0 Å². The second-order valence-corrected chi connectivity index (χ2v) is 6.63. The second kappa shape index (κ2) is 10.4. The molecule has 0 saturated carbocycles. The first-order valence-corrected chi connectivity index (χ1v) is 9.13. The topological polar surface area (TPSA) is 69.1 Å². The minimum absolute atomic E-state index is 0.165. The molecule has 1 heterocycles. The molecule has 2 atom stereocenters. The van der Waals surface area contributed by atoms with Gasteiger partial charge in [-0.05, 0) is 31.4 Å². The summed E-state index contributed by atoms with van der Waals surface area (Å²) in [6.45, 7) is 8.38. The molecule has 1 aliphatic heterocycles. The molecule has 0 aliphatic carbocycles. The zero-order valence-electron chi connectivity index (χ0n) is 15.7. The molecule has 0 aromatic heterocycles. The number of aliphatic imine (C=N–C) groups is 1. The summed E-state index contributed by atoms with van der Waals surface area (Å²) in [7, 11) is 1.68. The summed E-state index contributed by atoms with van der Waals surface area (Å²) >= 11 is 0. The summed E-state index contributed by atoms with van der Waals surface area (Å²) in [5.74, 6) is 0.718. The van der Waals surface area contributed by atoms with Crippen LogP contribution in [0.1, 0.15) is 25.0 Å². The summed E-state index contributed by atoms with van der Waals surface area (Å²) in [6.07, 6.45) is 0.573. The van der Waals surface area contributed by atoms with Crippen molar-refractivity contribution in [3.05, 3.63) is 35.4 Å². The van der Waals surface area contributed by atoms with Crippen LogP contribution in [0.5, 0.6) is 0 Å². The predicted molar refractivity (Wildman–Crippen MR) is 102 cm³/mol. The van der Waals surface area contributed by atoms with Gasteiger partial charge in [0.2, 0.25) is 0 Å². The maximum Gasteiger partial charge on any atom is 0.191 e. The molecule has 0 spiro atoms. The van der Waals surface area contributed by atoms with Gasteiger partial charge in [-0.3, -0.25) is 9.89 Å². The summed E-state index contributed by atoms with van der Waals surface area (Å²) in [4.78, 5) is 6.81. The lowest BCUT2D eigenvalue weighted by Crippen LogP contribution is -2.44. The maximum atomic E-state index is 10.4. The van der Waals surface area contributed by atoms with Crippen LogP contribution in [0.4, 0.5) is 0 Å². The largest absolute Gasteiger partial charge is 0.390 e. The Kier molecular flexibility index (Phi) is 8.18. The summed E-state index contributed by atoms with van der Waals surface area (Å²) < 4.78 is 5.14. The smallest absolute Gasteiger partial charge is 0.191 e. The van der Waals surface area contributed by atoms with E-state index in [9.17, 15) is 5.11 Å². The Bertz CT molecular complexity index is 550. The van der Waals surface area contributed by atoms with Crippen molar-refractivity contribution >= 4 is 5.96 Å². The van der Waals surface area contributed by atoms with Gasteiger partial charge in [0.1, 0.15) is 0 Å². The van der Waals surface area contributed by atoms with Gasteiger partial charge in [0.25, 0.3) is 0 Å². The van der Waals surface area contributed by atoms with Crippen LogP contribution in [0.2, 0.25) is 0 Å². The number of benzene rings is 1. The van der Waals surface area contributed by atoms with E-state index in [0.29, 0.717) is 19.7 Å². The minimum atomic E-state index is -0.474. The van der Waals surface area contributed by atoms with E-state index < -0.39 is 6.10 Å². The average Bonchev–Trinajstić information content (AvgIpc) is 2.60. The Hall–Kier alpha value is -1.63. The highest BCUT2D eigenvalue weighted by atomic mass is 16.5. The van der Waals surface area contributed by atoms with Gasteiger partial charge in [0, 0.05) is 39.3 Å². The van der Waals surface area contributed by atoms with E-state index in [0.717, 1.165) is 32.0 Å². The Balaban J connectivity index is 1.82. The van der Waals surface area contributed by atoms with E-state index in [1.54, 1.807) is 7.11 Å². The quantitative estimate of drug-likeness (QED) is 0.483. The van der Waals surface area contributed by atoms with E-state index >= 15 is 0 Å². The van der Waals surface area contributed by atoms with Crippen molar-refractivity contribution in [1.82, 2.24) is 15.5 Å². The number of aliphatic hydroxyl groups excluding tert-OH is 1. The first kappa shape index (κ1) is 19.7. The second-order valence-electron chi connectivity index (χ2n) is 6.63. The molecule has 0 saturated heterocycles. The van der Waals surface area contributed by atoms with E-state index in [1.807, 2.05) is 13.8 Å². The number of methoxy groups -OCH3 is 1. The Labute approximate surface area is 151 Å². The van der Waals surface area contributed by atoms with Crippen LogP contribution in [0.15, 0.2) is 29.3 Å². The van der Waals surface area contributed by atoms with Crippen molar-refractivity contribution in [3.63, 3.8) is 0 Å². The van der Waals surface area contributed by atoms with Crippen LogP contribution in [-0.4, -0.2) is 68.0 Å². The zero-order valence-corrected chi connectivity index (χ0v) is 15.7. The zero-order chi connectivity index (χ0) is 18.1. The van der Waals surface area contributed by atoms with Crippen molar-refractivity contribution in [2.24, 2.45) is 4.99 Å². The third-order valence-electron chi connectivity index (χ3n) is 4.28. The number of ether oxygens (including phenoxy) is 1. The molecule has 25 heavy (non-hydrogen) atoms. The lowest BCUT2D eigenvalue weighted by molar-refractivity contribution is 0.111. The van der Waals surface area contributed by atoms with Crippen LogP contribution < -0.4 is 10.6 Å². The summed E-state index contributed by atoms with van der Waals surface area (Å²) in [6, 6.07) is 8.72. The monoisotopic (exact) mass is 348 g/mol. The van der Waals surface area contributed by atoms with Crippen molar-refractivity contribution < 1.29 is 9.84 Å². The van der Waals surface area contributed by atoms with Crippen molar-refractivity contribution in [1.29, 1.82) is 0 Å². The molecule has 1 aliphatic rings. The molecule has 0 bridgehead atoms. The molecule has 0 fully saturated rings. The Morgan fingerprint density at radius 1 is 1.36 bits per heavy atom. The molecule has 2 unspecified atom stereocenters. The fourth-order valence-electron chi connectivity index (χ4n) is 3.11.